The predicted molar refractivity (Wildman–Crippen MR) is 58.0 cm³/mol. The van der Waals surface area contributed by atoms with E-state index >= 15 is 0 Å². The Hall–Kier alpha value is -0.590. The third kappa shape index (κ3) is 8.03. The van der Waals surface area contributed by atoms with Gasteiger partial charge in [-0.2, -0.15) is 5.26 Å². The van der Waals surface area contributed by atoms with Crippen LogP contribution in [0.4, 0.5) is 0 Å². The lowest BCUT2D eigenvalue weighted by atomic mass is 10.3. The number of nitrogens with one attached hydrogen (secondary N) is 1. The average Bonchev–Trinajstić information content (AvgIpc) is 2.22. The van der Waals surface area contributed by atoms with Crippen LogP contribution in [0.1, 0.15) is 39.5 Å². The van der Waals surface area contributed by atoms with Gasteiger partial charge in [0, 0.05) is 6.61 Å². The highest BCUT2D eigenvalue weighted by Crippen LogP contribution is 1.95. The number of hydrogen-bond acceptors (Lipinski definition) is 3. The minimum Gasteiger partial charge on any atom is -0.379 e. The highest BCUT2D eigenvalue weighted by molar-refractivity contribution is 4.89. The van der Waals surface area contributed by atoms with E-state index in [0.717, 1.165) is 26.0 Å². The van der Waals surface area contributed by atoms with E-state index in [4.69, 9.17) is 10.00 Å². The number of nitrogens with zero attached hydrogens (tertiary/aromatic N) is 1. The van der Waals surface area contributed by atoms with E-state index < -0.39 is 0 Å². The summed E-state index contributed by atoms with van der Waals surface area (Å²) in [5.41, 5.74) is 0. The van der Waals surface area contributed by atoms with Crippen molar-refractivity contribution in [3.05, 3.63) is 0 Å². The van der Waals surface area contributed by atoms with Gasteiger partial charge in [0.1, 0.15) is 6.04 Å². The predicted octanol–water partition coefficient (Wildman–Crippen LogP) is 2.08. The Kier molecular flexibility index (Phi) is 10.0. The summed E-state index contributed by atoms with van der Waals surface area (Å²) in [6.07, 6.45) is 4.56. The minimum atomic E-state index is -0.142. The number of nitriles is 1. The molecule has 0 aromatic rings. The quantitative estimate of drug-likeness (QED) is 0.577. The SMILES string of the molecule is CCCCCOCC(C#N)NCCC. The molecule has 0 spiro atoms. The van der Waals surface area contributed by atoms with E-state index in [-0.39, 0.29) is 6.04 Å². The number of ether oxygens (including phenoxy) is 1. The lowest BCUT2D eigenvalue weighted by Crippen LogP contribution is -2.32. The molecule has 0 radical (unpaired) electrons. The normalized spacial score (nSPS) is 12.4. The Balaban J connectivity index is 3.30. The standard InChI is InChI=1S/C11H22N2O/c1-3-5-6-8-14-10-11(9-12)13-7-4-2/h11,13H,3-8,10H2,1-2H3. The lowest BCUT2D eigenvalue weighted by Gasteiger charge is -2.10. The molecule has 14 heavy (non-hydrogen) atoms. The fourth-order valence-electron chi connectivity index (χ4n) is 1.12. The molecule has 0 heterocycles. The molecule has 0 aliphatic rings. The van der Waals surface area contributed by atoms with E-state index in [1.165, 1.54) is 12.8 Å². The van der Waals surface area contributed by atoms with E-state index in [1.807, 2.05) is 0 Å². The zero-order chi connectivity index (χ0) is 10.6. The van der Waals surface area contributed by atoms with E-state index in [2.05, 4.69) is 25.2 Å². The van der Waals surface area contributed by atoms with Crippen molar-refractivity contribution in [1.82, 2.24) is 5.32 Å². The highest BCUT2D eigenvalue weighted by atomic mass is 16.5. The van der Waals surface area contributed by atoms with Gasteiger partial charge in [0.15, 0.2) is 0 Å². The van der Waals surface area contributed by atoms with Crippen LogP contribution in [0.15, 0.2) is 0 Å². The molecular weight excluding hydrogens is 176 g/mol. The Morgan fingerprint density at radius 3 is 2.64 bits per heavy atom. The van der Waals surface area contributed by atoms with E-state index in [1.54, 1.807) is 0 Å². The summed E-state index contributed by atoms with van der Waals surface area (Å²) in [6, 6.07) is 2.05. The zero-order valence-electron chi connectivity index (χ0n) is 9.38. The van der Waals surface area contributed by atoms with Crippen molar-refractivity contribution in [3.63, 3.8) is 0 Å². The monoisotopic (exact) mass is 198 g/mol. The molecule has 1 N–H and O–H groups in total. The van der Waals surface area contributed by atoms with Crippen LogP contribution in [0, 0.1) is 11.3 Å². The molecule has 0 bridgehead atoms. The zero-order valence-corrected chi connectivity index (χ0v) is 9.38. The van der Waals surface area contributed by atoms with Gasteiger partial charge < -0.3 is 10.1 Å². The van der Waals surface area contributed by atoms with Gasteiger partial charge in [0.25, 0.3) is 0 Å². The number of rotatable bonds is 9. The van der Waals surface area contributed by atoms with Crippen LogP contribution in [-0.4, -0.2) is 25.8 Å². The van der Waals surface area contributed by atoms with Gasteiger partial charge >= 0.3 is 0 Å². The average molecular weight is 198 g/mol. The molecule has 1 unspecified atom stereocenters. The van der Waals surface area contributed by atoms with Crippen LogP contribution < -0.4 is 5.32 Å². The molecule has 1 atom stereocenters. The highest BCUT2D eigenvalue weighted by Gasteiger charge is 2.04. The van der Waals surface area contributed by atoms with Gasteiger partial charge in [0.05, 0.1) is 12.7 Å². The molecule has 0 aromatic carbocycles. The van der Waals surface area contributed by atoms with Gasteiger partial charge in [0.2, 0.25) is 0 Å². The van der Waals surface area contributed by atoms with Crippen molar-refractivity contribution >= 4 is 0 Å². The molecule has 0 aliphatic carbocycles. The number of unbranched alkanes of at least 4 members (excludes halogenated alkanes) is 2. The Labute approximate surface area is 87.4 Å². The first kappa shape index (κ1) is 13.4. The van der Waals surface area contributed by atoms with E-state index in [0.29, 0.717) is 6.61 Å². The summed E-state index contributed by atoms with van der Waals surface area (Å²) in [6.45, 7) is 6.43. The van der Waals surface area contributed by atoms with Gasteiger partial charge in [-0.3, -0.25) is 0 Å². The summed E-state index contributed by atoms with van der Waals surface area (Å²) in [5, 5.41) is 11.9. The summed E-state index contributed by atoms with van der Waals surface area (Å²) in [5.74, 6) is 0. The van der Waals surface area contributed by atoms with Crippen molar-refractivity contribution in [3.8, 4) is 6.07 Å². The maximum absolute atomic E-state index is 8.76. The smallest absolute Gasteiger partial charge is 0.119 e. The molecule has 0 fully saturated rings. The molecule has 0 saturated heterocycles. The molecule has 3 nitrogen and oxygen atoms in total. The van der Waals surface area contributed by atoms with Crippen LogP contribution >= 0.6 is 0 Å². The van der Waals surface area contributed by atoms with Crippen LogP contribution in [0.25, 0.3) is 0 Å². The largest absolute Gasteiger partial charge is 0.379 e. The molecule has 0 aliphatic heterocycles. The van der Waals surface area contributed by atoms with Gasteiger partial charge in [-0.1, -0.05) is 26.7 Å². The van der Waals surface area contributed by atoms with Gasteiger partial charge in [-0.25, -0.2) is 0 Å². The first-order valence-corrected chi connectivity index (χ1v) is 5.55. The summed E-state index contributed by atoms with van der Waals surface area (Å²) >= 11 is 0. The Morgan fingerprint density at radius 1 is 1.29 bits per heavy atom. The second-order valence-electron chi connectivity index (χ2n) is 3.42. The first-order chi connectivity index (χ1) is 6.85. The van der Waals surface area contributed by atoms with Crippen molar-refractivity contribution < 1.29 is 4.74 Å². The van der Waals surface area contributed by atoms with Crippen molar-refractivity contribution in [2.24, 2.45) is 0 Å². The molecule has 0 aromatic heterocycles. The Morgan fingerprint density at radius 2 is 2.07 bits per heavy atom. The summed E-state index contributed by atoms with van der Waals surface area (Å²) < 4.78 is 5.40. The molecule has 82 valence electrons. The molecular formula is C11H22N2O. The summed E-state index contributed by atoms with van der Waals surface area (Å²) in [4.78, 5) is 0. The van der Waals surface area contributed by atoms with Crippen molar-refractivity contribution in [1.29, 1.82) is 5.26 Å². The lowest BCUT2D eigenvalue weighted by molar-refractivity contribution is 0.119. The molecule has 0 saturated carbocycles. The van der Waals surface area contributed by atoms with E-state index in [9.17, 15) is 0 Å². The van der Waals surface area contributed by atoms with Crippen LogP contribution in [0.2, 0.25) is 0 Å². The first-order valence-electron chi connectivity index (χ1n) is 5.55. The molecule has 0 rings (SSSR count). The maximum Gasteiger partial charge on any atom is 0.119 e. The number of hydrogen-bond donors (Lipinski definition) is 1. The molecule has 3 heteroatoms. The topological polar surface area (TPSA) is 45.0 Å². The van der Waals surface area contributed by atoms with Gasteiger partial charge in [-0.05, 0) is 19.4 Å². The maximum atomic E-state index is 8.76. The van der Waals surface area contributed by atoms with Crippen LogP contribution in [0.5, 0.6) is 0 Å². The van der Waals surface area contributed by atoms with Crippen molar-refractivity contribution in [2.75, 3.05) is 19.8 Å². The molecule has 0 amide bonds. The third-order valence-electron chi connectivity index (χ3n) is 1.97. The van der Waals surface area contributed by atoms with Crippen LogP contribution in [0.3, 0.4) is 0 Å². The fourth-order valence-corrected chi connectivity index (χ4v) is 1.12. The summed E-state index contributed by atoms with van der Waals surface area (Å²) in [7, 11) is 0. The Bertz CT molecular complexity index is 154. The van der Waals surface area contributed by atoms with Crippen LogP contribution in [-0.2, 0) is 4.74 Å². The second kappa shape index (κ2) is 10.5. The van der Waals surface area contributed by atoms with Crippen molar-refractivity contribution in [2.45, 2.75) is 45.6 Å². The minimum absolute atomic E-state index is 0.142. The van der Waals surface area contributed by atoms with Gasteiger partial charge in [-0.15, -0.1) is 0 Å². The fraction of sp³-hybridized carbons (Fsp3) is 0.909. The third-order valence-corrected chi connectivity index (χ3v) is 1.97. The second-order valence-corrected chi connectivity index (χ2v) is 3.42.